The Labute approximate surface area is 104 Å². The molecule has 0 aliphatic rings. The molecule has 0 bridgehead atoms. The second-order valence-corrected chi connectivity index (χ2v) is 3.95. The zero-order chi connectivity index (χ0) is 13.5. The van der Waals surface area contributed by atoms with Gasteiger partial charge in [0.2, 0.25) is 5.91 Å². The first kappa shape index (κ1) is 14.1. The van der Waals surface area contributed by atoms with Gasteiger partial charge in [-0.25, -0.2) is 8.78 Å². The van der Waals surface area contributed by atoms with Crippen LogP contribution in [0.25, 0.3) is 0 Å². The molecule has 1 rings (SSSR count). The summed E-state index contributed by atoms with van der Waals surface area (Å²) in [4.78, 5) is 11.6. The second-order valence-electron chi connectivity index (χ2n) is 3.95. The number of halogens is 2. The number of hydrogen-bond acceptors (Lipinski definition) is 2. The zero-order valence-electron chi connectivity index (χ0n) is 10.0. The molecule has 0 aliphatic carbocycles. The van der Waals surface area contributed by atoms with E-state index in [2.05, 4.69) is 5.32 Å². The standard InChI is InChI=1S/C13H14F2N2O/c1-2-11(5-6-16)17-13(18)8-9-7-10(14)3-4-12(9)15/h3-4,7,11H,2,5,8H2,1H3,(H,17,18)/t11-/m1/s1. The fourth-order valence-electron chi connectivity index (χ4n) is 1.54. The van der Waals surface area contributed by atoms with E-state index in [1.165, 1.54) is 0 Å². The van der Waals surface area contributed by atoms with Crippen LogP contribution < -0.4 is 5.32 Å². The molecule has 0 unspecified atom stereocenters. The summed E-state index contributed by atoms with van der Waals surface area (Å²) in [5.41, 5.74) is 0.0133. The van der Waals surface area contributed by atoms with Gasteiger partial charge in [-0.2, -0.15) is 5.26 Å². The lowest BCUT2D eigenvalue weighted by molar-refractivity contribution is -0.121. The van der Waals surface area contributed by atoms with Crippen molar-refractivity contribution in [3.05, 3.63) is 35.4 Å². The minimum Gasteiger partial charge on any atom is -0.352 e. The summed E-state index contributed by atoms with van der Waals surface area (Å²) in [5.74, 6) is -1.61. The Morgan fingerprint density at radius 3 is 2.83 bits per heavy atom. The third kappa shape index (κ3) is 4.13. The van der Waals surface area contributed by atoms with Crippen LogP contribution in [0.5, 0.6) is 0 Å². The van der Waals surface area contributed by atoms with Gasteiger partial charge in [0.25, 0.3) is 0 Å². The maximum absolute atomic E-state index is 13.3. The molecule has 1 atom stereocenters. The fourth-order valence-corrected chi connectivity index (χ4v) is 1.54. The third-order valence-corrected chi connectivity index (χ3v) is 2.55. The monoisotopic (exact) mass is 252 g/mol. The normalized spacial score (nSPS) is 11.7. The van der Waals surface area contributed by atoms with Gasteiger partial charge in [0.15, 0.2) is 0 Å². The number of amides is 1. The molecule has 1 N–H and O–H groups in total. The molecule has 0 aliphatic heterocycles. The van der Waals surface area contributed by atoms with Crippen LogP contribution in [0.3, 0.4) is 0 Å². The van der Waals surface area contributed by atoms with Crippen molar-refractivity contribution in [1.82, 2.24) is 5.32 Å². The average molecular weight is 252 g/mol. The highest BCUT2D eigenvalue weighted by Gasteiger charge is 2.13. The van der Waals surface area contributed by atoms with Crippen molar-refractivity contribution in [1.29, 1.82) is 5.26 Å². The van der Waals surface area contributed by atoms with Gasteiger partial charge in [-0.15, -0.1) is 0 Å². The van der Waals surface area contributed by atoms with Crippen molar-refractivity contribution in [2.75, 3.05) is 0 Å². The lowest BCUT2D eigenvalue weighted by Crippen LogP contribution is -2.35. The van der Waals surface area contributed by atoms with Crippen molar-refractivity contribution in [2.45, 2.75) is 32.2 Å². The Morgan fingerprint density at radius 1 is 1.50 bits per heavy atom. The number of carbonyl (C=O) groups excluding carboxylic acids is 1. The fraction of sp³-hybridized carbons (Fsp3) is 0.385. The molecule has 18 heavy (non-hydrogen) atoms. The minimum atomic E-state index is -0.611. The van der Waals surface area contributed by atoms with Gasteiger partial charge in [0.1, 0.15) is 11.6 Å². The van der Waals surface area contributed by atoms with Crippen LogP contribution >= 0.6 is 0 Å². The van der Waals surface area contributed by atoms with E-state index >= 15 is 0 Å². The van der Waals surface area contributed by atoms with Crippen LogP contribution in [-0.2, 0) is 11.2 Å². The van der Waals surface area contributed by atoms with Gasteiger partial charge in [0.05, 0.1) is 18.9 Å². The van der Waals surface area contributed by atoms with Crippen molar-refractivity contribution in [2.24, 2.45) is 0 Å². The topological polar surface area (TPSA) is 52.9 Å². The summed E-state index contributed by atoms with van der Waals surface area (Å²) in [7, 11) is 0. The molecule has 0 heterocycles. The Bertz CT molecular complexity index is 469. The maximum Gasteiger partial charge on any atom is 0.224 e. The van der Waals surface area contributed by atoms with Crippen LogP contribution in [0.2, 0.25) is 0 Å². The maximum atomic E-state index is 13.3. The lowest BCUT2D eigenvalue weighted by Gasteiger charge is -2.13. The van der Waals surface area contributed by atoms with E-state index in [1.807, 2.05) is 13.0 Å². The Kier molecular flexibility index (Phi) is 5.25. The molecule has 3 nitrogen and oxygen atoms in total. The molecule has 0 fully saturated rings. The number of rotatable bonds is 5. The number of benzene rings is 1. The SMILES string of the molecule is CC[C@H](CC#N)NC(=O)Cc1cc(F)ccc1F. The predicted octanol–water partition coefficient (Wildman–Crippen LogP) is 2.32. The first-order chi connectivity index (χ1) is 8.56. The van der Waals surface area contributed by atoms with E-state index in [4.69, 9.17) is 5.26 Å². The molecule has 1 aromatic carbocycles. The van der Waals surface area contributed by atoms with E-state index in [-0.39, 0.29) is 24.4 Å². The smallest absolute Gasteiger partial charge is 0.224 e. The van der Waals surface area contributed by atoms with Gasteiger partial charge in [-0.1, -0.05) is 6.92 Å². The Balaban J connectivity index is 2.64. The van der Waals surface area contributed by atoms with E-state index in [0.717, 1.165) is 18.2 Å². The molecule has 0 aromatic heterocycles. The third-order valence-electron chi connectivity index (χ3n) is 2.55. The highest BCUT2D eigenvalue weighted by Crippen LogP contribution is 2.10. The van der Waals surface area contributed by atoms with Gasteiger partial charge < -0.3 is 5.32 Å². The van der Waals surface area contributed by atoms with Crippen molar-refractivity contribution >= 4 is 5.91 Å². The van der Waals surface area contributed by atoms with Gasteiger partial charge >= 0.3 is 0 Å². The first-order valence-electron chi connectivity index (χ1n) is 5.67. The summed E-state index contributed by atoms with van der Waals surface area (Å²) < 4.78 is 26.2. The molecule has 0 saturated heterocycles. The molecular weight excluding hydrogens is 238 g/mol. The molecule has 1 amide bonds. The Hall–Kier alpha value is -1.96. The lowest BCUT2D eigenvalue weighted by atomic mass is 10.1. The van der Waals surface area contributed by atoms with Crippen molar-refractivity contribution < 1.29 is 13.6 Å². The largest absolute Gasteiger partial charge is 0.352 e. The number of nitriles is 1. The molecule has 96 valence electrons. The van der Waals surface area contributed by atoms with E-state index in [0.29, 0.717) is 6.42 Å². The number of carbonyl (C=O) groups is 1. The quantitative estimate of drug-likeness (QED) is 0.874. The predicted molar refractivity (Wildman–Crippen MR) is 62.5 cm³/mol. The van der Waals surface area contributed by atoms with Crippen LogP contribution in [0.4, 0.5) is 8.78 Å². The molecule has 0 saturated carbocycles. The molecule has 0 spiro atoms. The van der Waals surface area contributed by atoms with Gasteiger partial charge in [0, 0.05) is 11.6 Å². The van der Waals surface area contributed by atoms with Gasteiger partial charge in [-0.05, 0) is 24.6 Å². The second kappa shape index (κ2) is 6.70. The van der Waals surface area contributed by atoms with E-state index in [9.17, 15) is 13.6 Å². The number of nitrogens with one attached hydrogen (secondary N) is 1. The van der Waals surface area contributed by atoms with E-state index < -0.39 is 17.5 Å². The molecule has 1 aromatic rings. The molecule has 5 heteroatoms. The van der Waals surface area contributed by atoms with Crippen molar-refractivity contribution in [3.8, 4) is 6.07 Å². The van der Waals surface area contributed by atoms with Crippen LogP contribution in [0.1, 0.15) is 25.3 Å². The van der Waals surface area contributed by atoms with Gasteiger partial charge in [-0.3, -0.25) is 4.79 Å². The summed E-state index contributed by atoms with van der Waals surface area (Å²) in [6.45, 7) is 1.84. The highest BCUT2D eigenvalue weighted by atomic mass is 19.1. The van der Waals surface area contributed by atoms with Crippen LogP contribution in [0, 0.1) is 23.0 Å². The van der Waals surface area contributed by atoms with Crippen molar-refractivity contribution in [3.63, 3.8) is 0 Å². The summed E-state index contributed by atoms with van der Waals surface area (Å²) >= 11 is 0. The van der Waals surface area contributed by atoms with Crippen LogP contribution in [0.15, 0.2) is 18.2 Å². The molecular formula is C13H14F2N2O. The Morgan fingerprint density at radius 2 is 2.22 bits per heavy atom. The summed E-state index contributed by atoms with van der Waals surface area (Å²) in [6.07, 6.45) is 0.588. The molecule has 0 radical (unpaired) electrons. The number of nitrogens with zero attached hydrogens (tertiary/aromatic N) is 1. The summed E-state index contributed by atoms with van der Waals surface area (Å²) in [6, 6.07) is 4.70. The average Bonchev–Trinajstić information content (AvgIpc) is 2.33. The highest BCUT2D eigenvalue weighted by molar-refractivity contribution is 5.78. The number of hydrogen-bond donors (Lipinski definition) is 1. The summed E-state index contributed by atoms with van der Waals surface area (Å²) in [5, 5.41) is 11.2. The van der Waals surface area contributed by atoms with E-state index in [1.54, 1.807) is 0 Å². The van der Waals surface area contributed by atoms with Crippen LogP contribution in [-0.4, -0.2) is 11.9 Å². The first-order valence-corrected chi connectivity index (χ1v) is 5.67. The minimum absolute atomic E-state index is 0.0133. The zero-order valence-corrected chi connectivity index (χ0v) is 10.0.